The van der Waals surface area contributed by atoms with Crippen LogP contribution in [0, 0.1) is 5.41 Å². The second kappa shape index (κ2) is 5.84. The fourth-order valence-electron chi connectivity index (χ4n) is 2.55. The number of amides is 1. The fourth-order valence-corrected chi connectivity index (χ4v) is 2.55. The molecule has 0 bridgehead atoms. The summed E-state index contributed by atoms with van der Waals surface area (Å²) >= 11 is 0. The Kier molecular flexibility index (Phi) is 3.89. The summed E-state index contributed by atoms with van der Waals surface area (Å²) in [7, 11) is 1.57. The Morgan fingerprint density at radius 3 is 2.82 bits per heavy atom. The van der Waals surface area contributed by atoms with E-state index in [1.54, 1.807) is 25.3 Å². The van der Waals surface area contributed by atoms with Gasteiger partial charge in [-0.1, -0.05) is 6.42 Å². The number of hydrogen-bond donors (Lipinski definition) is 2. The first-order valence-corrected chi connectivity index (χ1v) is 7.23. The number of carbonyl (C=O) groups excluding carboxylic acids is 1. The van der Waals surface area contributed by atoms with E-state index in [0.29, 0.717) is 23.3 Å². The van der Waals surface area contributed by atoms with Crippen LogP contribution in [0.1, 0.15) is 29.9 Å². The minimum absolute atomic E-state index is 0.0215. The van der Waals surface area contributed by atoms with Crippen molar-refractivity contribution in [1.82, 2.24) is 20.5 Å². The summed E-state index contributed by atoms with van der Waals surface area (Å²) < 4.78 is 5.14. The zero-order chi connectivity index (χ0) is 15.6. The molecule has 1 aromatic heterocycles. The van der Waals surface area contributed by atoms with Gasteiger partial charge in [0, 0.05) is 18.0 Å². The average Bonchev–Trinajstić information content (AvgIpc) is 2.53. The molecule has 116 valence electrons. The highest BCUT2D eigenvalue weighted by molar-refractivity contribution is 5.92. The minimum atomic E-state index is -0.378. The predicted octanol–water partition coefficient (Wildman–Crippen LogP) is 0.926. The molecular formula is C15H18N4O3. The Bertz CT molecular complexity index is 695. The molecular weight excluding hydrogens is 284 g/mol. The average molecular weight is 302 g/mol. The number of hydrogen-bond acceptors (Lipinski definition) is 6. The Morgan fingerprint density at radius 1 is 1.36 bits per heavy atom. The molecule has 0 aliphatic heterocycles. The van der Waals surface area contributed by atoms with Gasteiger partial charge in [0.2, 0.25) is 5.82 Å². The lowest BCUT2D eigenvalue weighted by atomic mass is 9.69. The maximum atomic E-state index is 12.2. The van der Waals surface area contributed by atoms with Crippen LogP contribution in [0.4, 0.5) is 0 Å². The first-order valence-electron chi connectivity index (χ1n) is 7.23. The second-order valence-electron chi connectivity index (χ2n) is 5.68. The number of rotatable bonds is 5. The summed E-state index contributed by atoms with van der Waals surface area (Å²) in [6.45, 7) is 0.517. The molecule has 1 heterocycles. The SMILES string of the molecule is COc1ccc2nnc(C(=O)NCC3(CO)CCC3)nc2c1. The molecule has 3 rings (SSSR count). The molecule has 1 amide bonds. The number of carbonyl (C=O) groups is 1. The zero-order valence-corrected chi connectivity index (χ0v) is 12.4. The summed E-state index contributed by atoms with van der Waals surface area (Å²) in [5, 5.41) is 20.1. The summed E-state index contributed by atoms with van der Waals surface area (Å²) in [5.74, 6) is 0.290. The Balaban J connectivity index is 1.75. The van der Waals surface area contributed by atoms with E-state index in [0.717, 1.165) is 19.3 Å². The molecule has 0 spiro atoms. The highest BCUT2D eigenvalue weighted by atomic mass is 16.5. The van der Waals surface area contributed by atoms with Gasteiger partial charge in [-0.3, -0.25) is 4.79 Å². The highest BCUT2D eigenvalue weighted by Crippen LogP contribution is 2.39. The molecule has 7 nitrogen and oxygen atoms in total. The van der Waals surface area contributed by atoms with Gasteiger partial charge in [0.15, 0.2) is 0 Å². The van der Waals surface area contributed by atoms with E-state index in [1.807, 2.05) is 0 Å². The van der Waals surface area contributed by atoms with Crippen LogP contribution in [0.5, 0.6) is 5.75 Å². The van der Waals surface area contributed by atoms with Gasteiger partial charge in [0.05, 0.1) is 19.2 Å². The third-order valence-electron chi connectivity index (χ3n) is 4.24. The molecule has 0 atom stereocenters. The number of benzene rings is 1. The molecule has 22 heavy (non-hydrogen) atoms. The first kappa shape index (κ1) is 14.6. The van der Waals surface area contributed by atoms with E-state index in [9.17, 15) is 9.90 Å². The molecule has 0 saturated heterocycles. The summed E-state index contributed by atoms with van der Waals surface area (Å²) in [6.07, 6.45) is 2.94. The number of nitrogens with one attached hydrogen (secondary N) is 1. The van der Waals surface area contributed by atoms with Crippen molar-refractivity contribution in [3.8, 4) is 5.75 Å². The van der Waals surface area contributed by atoms with Crippen molar-refractivity contribution in [2.24, 2.45) is 5.41 Å². The molecule has 1 aliphatic rings. The Hall–Kier alpha value is -2.28. The van der Waals surface area contributed by atoms with Crippen LogP contribution >= 0.6 is 0 Å². The van der Waals surface area contributed by atoms with Crippen molar-refractivity contribution < 1.29 is 14.6 Å². The Labute approximate surface area is 127 Å². The van der Waals surface area contributed by atoms with E-state index >= 15 is 0 Å². The van der Waals surface area contributed by atoms with Crippen LogP contribution in [0.3, 0.4) is 0 Å². The van der Waals surface area contributed by atoms with Gasteiger partial charge < -0.3 is 15.2 Å². The number of aliphatic hydroxyl groups is 1. The molecule has 1 fully saturated rings. The van der Waals surface area contributed by atoms with Crippen molar-refractivity contribution in [3.05, 3.63) is 24.0 Å². The van der Waals surface area contributed by atoms with Crippen molar-refractivity contribution >= 4 is 16.9 Å². The quantitative estimate of drug-likeness (QED) is 0.852. The lowest BCUT2D eigenvalue weighted by Crippen LogP contribution is -2.44. The van der Waals surface area contributed by atoms with Crippen LogP contribution in [-0.4, -0.2) is 46.5 Å². The maximum absolute atomic E-state index is 12.2. The number of ether oxygens (including phenoxy) is 1. The molecule has 1 aromatic carbocycles. The topological polar surface area (TPSA) is 97.2 Å². The number of fused-ring (bicyclic) bond motifs is 1. The monoisotopic (exact) mass is 302 g/mol. The third-order valence-corrected chi connectivity index (χ3v) is 4.24. The number of methoxy groups -OCH3 is 1. The normalized spacial score (nSPS) is 16.1. The molecule has 0 unspecified atom stereocenters. The van der Waals surface area contributed by atoms with Gasteiger partial charge >= 0.3 is 0 Å². The highest BCUT2D eigenvalue weighted by Gasteiger charge is 2.36. The third kappa shape index (κ3) is 2.71. The first-order chi connectivity index (χ1) is 10.7. The number of nitrogens with zero attached hydrogens (tertiary/aromatic N) is 3. The smallest absolute Gasteiger partial charge is 0.291 e. The minimum Gasteiger partial charge on any atom is -0.497 e. The van der Waals surface area contributed by atoms with Crippen molar-refractivity contribution in [2.75, 3.05) is 20.3 Å². The van der Waals surface area contributed by atoms with Crippen LogP contribution in [0.25, 0.3) is 11.0 Å². The number of aliphatic hydroxyl groups excluding tert-OH is 1. The lowest BCUT2D eigenvalue weighted by molar-refractivity contribution is 0.0426. The van der Waals surface area contributed by atoms with Crippen molar-refractivity contribution in [3.63, 3.8) is 0 Å². The van der Waals surface area contributed by atoms with Gasteiger partial charge in [-0.15, -0.1) is 10.2 Å². The molecule has 0 radical (unpaired) electrons. The fraction of sp³-hybridized carbons (Fsp3) is 0.467. The van der Waals surface area contributed by atoms with E-state index in [4.69, 9.17) is 4.74 Å². The van der Waals surface area contributed by atoms with Gasteiger partial charge in [0.1, 0.15) is 11.3 Å². The zero-order valence-electron chi connectivity index (χ0n) is 12.4. The summed E-state index contributed by atoms with van der Waals surface area (Å²) in [6, 6.07) is 5.22. The molecule has 1 aliphatic carbocycles. The van der Waals surface area contributed by atoms with Gasteiger partial charge in [-0.05, 0) is 25.0 Å². The van der Waals surface area contributed by atoms with Crippen LogP contribution in [0.15, 0.2) is 18.2 Å². The van der Waals surface area contributed by atoms with E-state index in [2.05, 4.69) is 20.5 Å². The summed E-state index contributed by atoms with van der Waals surface area (Å²) in [5.41, 5.74) is 0.978. The van der Waals surface area contributed by atoms with Crippen molar-refractivity contribution in [1.29, 1.82) is 0 Å². The lowest BCUT2D eigenvalue weighted by Gasteiger charge is -2.40. The largest absolute Gasteiger partial charge is 0.497 e. The molecule has 1 saturated carbocycles. The Morgan fingerprint density at radius 2 is 2.18 bits per heavy atom. The van der Waals surface area contributed by atoms with E-state index in [-0.39, 0.29) is 23.8 Å². The molecule has 7 heteroatoms. The predicted molar refractivity (Wildman–Crippen MR) is 79.6 cm³/mol. The van der Waals surface area contributed by atoms with Crippen LogP contribution in [-0.2, 0) is 0 Å². The van der Waals surface area contributed by atoms with Gasteiger partial charge in [0.25, 0.3) is 5.91 Å². The molecule has 2 N–H and O–H groups in total. The standard InChI is InChI=1S/C15H18N4O3/c1-22-10-3-4-11-12(7-10)17-13(19-18-11)14(21)16-8-15(9-20)5-2-6-15/h3-4,7,20H,2,5-6,8-9H2,1H3,(H,16,21). The second-order valence-corrected chi connectivity index (χ2v) is 5.68. The van der Waals surface area contributed by atoms with Gasteiger partial charge in [-0.2, -0.15) is 0 Å². The van der Waals surface area contributed by atoms with E-state index in [1.165, 1.54) is 0 Å². The van der Waals surface area contributed by atoms with Crippen LogP contribution < -0.4 is 10.1 Å². The molecule has 2 aromatic rings. The van der Waals surface area contributed by atoms with E-state index < -0.39 is 0 Å². The summed E-state index contributed by atoms with van der Waals surface area (Å²) in [4.78, 5) is 16.4. The van der Waals surface area contributed by atoms with Crippen LogP contribution in [0.2, 0.25) is 0 Å². The van der Waals surface area contributed by atoms with Crippen molar-refractivity contribution in [2.45, 2.75) is 19.3 Å². The van der Waals surface area contributed by atoms with Gasteiger partial charge in [-0.25, -0.2) is 4.98 Å². The maximum Gasteiger partial charge on any atom is 0.291 e. The number of aromatic nitrogens is 3.